The third-order valence-corrected chi connectivity index (χ3v) is 6.21. The molecule has 0 saturated carbocycles. The number of ether oxygens (including phenoxy) is 1. The van der Waals surface area contributed by atoms with Gasteiger partial charge >= 0.3 is 0 Å². The highest BCUT2D eigenvalue weighted by molar-refractivity contribution is 7.93. The van der Waals surface area contributed by atoms with Crippen molar-refractivity contribution in [1.82, 2.24) is 0 Å². The van der Waals surface area contributed by atoms with E-state index >= 15 is 0 Å². The summed E-state index contributed by atoms with van der Waals surface area (Å²) in [4.78, 5) is -0.179. The fraction of sp³-hybridized carbons (Fsp3) is 0.455. The molecule has 1 saturated heterocycles. The van der Waals surface area contributed by atoms with Crippen LogP contribution in [0.4, 0.5) is 5.69 Å². The Bertz CT molecular complexity index is 727. The van der Waals surface area contributed by atoms with Crippen LogP contribution >= 0.6 is 11.6 Å². The fourth-order valence-corrected chi connectivity index (χ4v) is 4.33. The zero-order chi connectivity index (χ0) is 15.7. The van der Waals surface area contributed by atoms with Crippen molar-refractivity contribution in [2.24, 2.45) is 5.14 Å². The van der Waals surface area contributed by atoms with E-state index in [1.807, 2.05) is 0 Å². The Morgan fingerprint density at radius 3 is 2.33 bits per heavy atom. The minimum atomic E-state index is -3.88. The van der Waals surface area contributed by atoms with Crippen LogP contribution in [0.2, 0.25) is 5.02 Å². The number of rotatable bonds is 4. The average Bonchev–Trinajstić information content (AvgIpc) is 2.41. The predicted molar refractivity (Wildman–Crippen MR) is 79.2 cm³/mol. The number of nitrogens with two attached hydrogens (primary N) is 1. The van der Waals surface area contributed by atoms with Crippen LogP contribution < -0.4 is 9.86 Å². The number of hydrogen-bond donors (Lipinski definition) is 2. The third kappa shape index (κ3) is 4.07. The number of benzene rings is 1. The van der Waals surface area contributed by atoms with Crippen molar-refractivity contribution >= 4 is 37.3 Å². The summed E-state index contributed by atoms with van der Waals surface area (Å²) in [6, 6.07) is 3.58. The summed E-state index contributed by atoms with van der Waals surface area (Å²) in [5.41, 5.74) is 0.121. The van der Waals surface area contributed by atoms with E-state index in [4.69, 9.17) is 21.5 Å². The predicted octanol–water partition coefficient (Wildman–Crippen LogP) is 0.908. The van der Waals surface area contributed by atoms with Gasteiger partial charge in [-0.1, -0.05) is 11.6 Å². The van der Waals surface area contributed by atoms with Crippen LogP contribution in [-0.2, 0) is 24.8 Å². The smallest absolute Gasteiger partial charge is 0.238 e. The normalized spacial score (nSPS) is 17.6. The lowest BCUT2D eigenvalue weighted by Crippen LogP contribution is -2.33. The molecule has 0 amide bonds. The summed E-state index contributed by atoms with van der Waals surface area (Å²) in [6.45, 7) is 0.785. The molecular formula is C11H15ClN2O5S2. The summed E-state index contributed by atoms with van der Waals surface area (Å²) in [5.74, 6) is 0. The molecule has 0 atom stereocenters. The van der Waals surface area contributed by atoms with Crippen LogP contribution in [-0.4, -0.2) is 35.3 Å². The molecule has 2 rings (SSSR count). The van der Waals surface area contributed by atoms with Gasteiger partial charge in [0.1, 0.15) is 0 Å². The van der Waals surface area contributed by atoms with E-state index in [9.17, 15) is 16.8 Å². The molecule has 21 heavy (non-hydrogen) atoms. The Morgan fingerprint density at radius 1 is 1.19 bits per heavy atom. The lowest BCUT2D eigenvalue weighted by molar-refractivity contribution is 0.0984. The van der Waals surface area contributed by atoms with Gasteiger partial charge in [0.05, 0.1) is 20.9 Å². The monoisotopic (exact) mass is 354 g/mol. The Morgan fingerprint density at radius 2 is 1.81 bits per heavy atom. The highest BCUT2D eigenvalue weighted by Gasteiger charge is 2.28. The molecule has 3 N–H and O–H groups in total. The van der Waals surface area contributed by atoms with E-state index in [1.165, 1.54) is 12.1 Å². The van der Waals surface area contributed by atoms with Crippen LogP contribution in [0.1, 0.15) is 12.8 Å². The van der Waals surface area contributed by atoms with E-state index in [0.717, 1.165) is 6.07 Å². The maximum atomic E-state index is 12.2. The number of halogens is 1. The quantitative estimate of drug-likeness (QED) is 0.833. The van der Waals surface area contributed by atoms with Gasteiger partial charge in [-0.25, -0.2) is 22.0 Å². The molecular weight excluding hydrogens is 340 g/mol. The van der Waals surface area contributed by atoms with Crippen LogP contribution in [0.3, 0.4) is 0 Å². The van der Waals surface area contributed by atoms with Gasteiger partial charge in [0, 0.05) is 13.2 Å². The maximum Gasteiger partial charge on any atom is 0.238 e. The summed E-state index contributed by atoms with van der Waals surface area (Å²) in [6.07, 6.45) is 0.810. The third-order valence-electron chi connectivity index (χ3n) is 3.13. The van der Waals surface area contributed by atoms with E-state index in [0.29, 0.717) is 26.1 Å². The maximum absolute atomic E-state index is 12.2. The molecule has 1 aromatic rings. The molecule has 1 aliphatic rings. The lowest BCUT2D eigenvalue weighted by Gasteiger charge is -2.23. The largest absolute Gasteiger partial charge is 0.381 e. The SMILES string of the molecule is NS(=O)(=O)c1ccc(NS(=O)(=O)C2CCOCC2)c(Cl)c1. The van der Waals surface area contributed by atoms with Crippen molar-refractivity contribution in [2.45, 2.75) is 23.0 Å². The molecule has 7 nitrogen and oxygen atoms in total. The Kier molecular flexibility index (Phi) is 4.79. The van der Waals surface area contributed by atoms with Gasteiger partial charge in [-0.2, -0.15) is 0 Å². The number of anilines is 1. The Hall–Kier alpha value is -0.870. The van der Waals surface area contributed by atoms with E-state index in [-0.39, 0.29) is 15.6 Å². The second-order valence-corrected chi connectivity index (χ2v) is 8.57. The number of hydrogen-bond acceptors (Lipinski definition) is 5. The zero-order valence-electron chi connectivity index (χ0n) is 11.0. The van der Waals surface area contributed by atoms with Crippen LogP contribution in [0.15, 0.2) is 23.1 Å². The van der Waals surface area contributed by atoms with Gasteiger partial charge in [-0.05, 0) is 31.0 Å². The van der Waals surface area contributed by atoms with Crippen molar-refractivity contribution in [2.75, 3.05) is 17.9 Å². The number of primary sulfonamides is 1. The molecule has 0 aliphatic carbocycles. The van der Waals surface area contributed by atoms with Crippen molar-refractivity contribution in [3.63, 3.8) is 0 Å². The van der Waals surface area contributed by atoms with E-state index in [2.05, 4.69) is 4.72 Å². The first-order valence-corrected chi connectivity index (χ1v) is 9.59. The fourth-order valence-electron chi connectivity index (χ4n) is 1.98. The molecule has 10 heteroatoms. The summed E-state index contributed by atoms with van der Waals surface area (Å²) < 4.78 is 54.3. The van der Waals surface area contributed by atoms with Gasteiger partial charge in [-0.15, -0.1) is 0 Å². The first kappa shape index (κ1) is 16.5. The molecule has 0 spiro atoms. The zero-order valence-corrected chi connectivity index (χ0v) is 13.3. The second-order valence-electron chi connectivity index (χ2n) is 4.65. The summed E-state index contributed by atoms with van der Waals surface area (Å²) >= 11 is 5.91. The van der Waals surface area contributed by atoms with Gasteiger partial charge in [0.25, 0.3) is 0 Å². The molecule has 0 bridgehead atoms. The molecule has 1 heterocycles. The molecule has 1 fully saturated rings. The van der Waals surface area contributed by atoms with Crippen molar-refractivity contribution < 1.29 is 21.6 Å². The van der Waals surface area contributed by atoms with Gasteiger partial charge in [0.15, 0.2) is 0 Å². The minimum absolute atomic E-state index is 0.0304. The number of sulfonamides is 2. The van der Waals surface area contributed by atoms with Crippen molar-refractivity contribution in [3.05, 3.63) is 23.2 Å². The highest BCUT2D eigenvalue weighted by Crippen LogP contribution is 2.27. The van der Waals surface area contributed by atoms with Crippen LogP contribution in [0.5, 0.6) is 0 Å². The van der Waals surface area contributed by atoms with Crippen molar-refractivity contribution in [1.29, 1.82) is 0 Å². The van der Waals surface area contributed by atoms with Crippen molar-refractivity contribution in [3.8, 4) is 0 Å². The topological polar surface area (TPSA) is 116 Å². The van der Waals surface area contributed by atoms with Crippen LogP contribution in [0, 0.1) is 0 Å². The molecule has 0 unspecified atom stereocenters. The molecule has 118 valence electrons. The van der Waals surface area contributed by atoms with E-state index in [1.54, 1.807) is 0 Å². The molecule has 0 radical (unpaired) electrons. The van der Waals surface area contributed by atoms with Gasteiger partial charge < -0.3 is 4.74 Å². The molecule has 0 aromatic heterocycles. The molecule has 1 aromatic carbocycles. The molecule has 1 aliphatic heterocycles. The lowest BCUT2D eigenvalue weighted by atomic mass is 10.2. The van der Waals surface area contributed by atoms with E-state index < -0.39 is 25.3 Å². The summed E-state index contributed by atoms with van der Waals surface area (Å²) in [5, 5.41) is 4.40. The summed E-state index contributed by atoms with van der Waals surface area (Å²) in [7, 11) is -7.49. The first-order chi connectivity index (χ1) is 9.70. The number of nitrogens with one attached hydrogen (secondary N) is 1. The van der Waals surface area contributed by atoms with Gasteiger partial charge in [0.2, 0.25) is 20.0 Å². The van der Waals surface area contributed by atoms with Crippen LogP contribution in [0.25, 0.3) is 0 Å². The average molecular weight is 355 g/mol. The second kappa shape index (κ2) is 6.09. The van der Waals surface area contributed by atoms with Gasteiger partial charge in [-0.3, -0.25) is 4.72 Å². The highest BCUT2D eigenvalue weighted by atomic mass is 35.5. The Balaban J connectivity index is 2.23. The minimum Gasteiger partial charge on any atom is -0.381 e. The standard InChI is InChI=1S/C11H15ClN2O5S2/c12-10-7-9(20(13,15)16)1-2-11(10)14-21(17,18)8-3-5-19-6-4-8/h1-2,7-8,14H,3-6H2,(H2,13,15,16). The first-order valence-electron chi connectivity index (χ1n) is 6.12. The Labute approximate surface area is 128 Å².